The number of hydrogen-bond donors (Lipinski definition) is 1. The minimum absolute atomic E-state index is 0.0736. The number of halogens is 2. The highest BCUT2D eigenvalue weighted by Crippen LogP contribution is 2.41. The lowest BCUT2D eigenvalue weighted by Gasteiger charge is -2.34. The number of likely N-dealkylation sites (tertiary alicyclic amines) is 1. The van der Waals surface area contributed by atoms with Crippen LogP contribution in [0.4, 0.5) is 8.78 Å². The molecule has 0 radical (unpaired) electrons. The summed E-state index contributed by atoms with van der Waals surface area (Å²) < 4.78 is 32.6. The lowest BCUT2D eigenvalue weighted by atomic mass is 9.79. The number of methoxy groups -OCH3 is 1. The highest BCUT2D eigenvalue weighted by atomic mass is 19.1. The van der Waals surface area contributed by atoms with Gasteiger partial charge in [0.25, 0.3) is 0 Å². The van der Waals surface area contributed by atoms with Crippen LogP contribution in [0.3, 0.4) is 0 Å². The summed E-state index contributed by atoms with van der Waals surface area (Å²) in [6, 6.07) is 3.43. The second-order valence-electron chi connectivity index (χ2n) is 7.18. The van der Waals surface area contributed by atoms with E-state index in [0.29, 0.717) is 38.1 Å². The Bertz CT molecular complexity index is 677. The van der Waals surface area contributed by atoms with Crippen molar-refractivity contribution in [2.75, 3.05) is 26.8 Å². The molecule has 2 fully saturated rings. The summed E-state index contributed by atoms with van der Waals surface area (Å²) in [6.07, 6.45) is 2.95. The summed E-state index contributed by atoms with van der Waals surface area (Å²) in [4.78, 5) is 26.4. The van der Waals surface area contributed by atoms with Crippen LogP contribution in [0.1, 0.15) is 43.6 Å². The minimum Gasteiger partial charge on any atom is -0.384 e. The molecule has 0 bridgehead atoms. The molecule has 2 aliphatic rings. The van der Waals surface area contributed by atoms with Crippen molar-refractivity contribution >= 4 is 11.8 Å². The molecule has 0 saturated carbocycles. The van der Waals surface area contributed by atoms with Crippen molar-refractivity contribution in [2.45, 2.75) is 43.6 Å². The van der Waals surface area contributed by atoms with Gasteiger partial charge in [-0.05, 0) is 30.5 Å². The number of benzene rings is 1. The first-order chi connectivity index (χ1) is 12.4. The monoisotopic (exact) mass is 366 g/mol. The highest BCUT2D eigenvalue weighted by Gasteiger charge is 2.49. The van der Waals surface area contributed by atoms with Crippen molar-refractivity contribution in [1.82, 2.24) is 10.2 Å². The van der Waals surface area contributed by atoms with Gasteiger partial charge in [0.1, 0.15) is 11.6 Å². The Morgan fingerprint density at radius 2 is 2.04 bits per heavy atom. The number of nitrogens with zero attached hydrogens (tertiary/aromatic N) is 1. The van der Waals surface area contributed by atoms with E-state index in [2.05, 4.69) is 5.32 Å². The molecule has 2 atom stereocenters. The van der Waals surface area contributed by atoms with E-state index in [9.17, 15) is 18.4 Å². The van der Waals surface area contributed by atoms with Crippen LogP contribution < -0.4 is 5.32 Å². The predicted molar refractivity (Wildman–Crippen MR) is 91.5 cm³/mol. The van der Waals surface area contributed by atoms with Gasteiger partial charge < -0.3 is 15.0 Å². The number of rotatable bonds is 4. The maximum atomic E-state index is 13.8. The van der Waals surface area contributed by atoms with Crippen LogP contribution in [0.5, 0.6) is 0 Å². The highest BCUT2D eigenvalue weighted by molar-refractivity contribution is 5.79. The first kappa shape index (κ1) is 18.8. The van der Waals surface area contributed by atoms with Gasteiger partial charge in [-0.2, -0.15) is 0 Å². The lowest BCUT2D eigenvalue weighted by Crippen LogP contribution is -2.52. The largest absolute Gasteiger partial charge is 0.384 e. The SMILES string of the molecule is COCCC(=O)N1C[C@@H](c2cc(F)cc(F)c2)[C@@]2(CCCCC(=O)N2)C1. The Morgan fingerprint density at radius 1 is 1.31 bits per heavy atom. The third kappa shape index (κ3) is 3.87. The Kier molecular flexibility index (Phi) is 5.55. The molecule has 7 heteroatoms. The van der Waals surface area contributed by atoms with Crippen LogP contribution in [0.2, 0.25) is 0 Å². The van der Waals surface area contributed by atoms with Crippen molar-refractivity contribution in [3.8, 4) is 0 Å². The standard InChI is InChI=1S/C19H24F2N2O3/c1-26-7-5-18(25)23-11-16(13-8-14(20)10-15(21)9-13)19(12-23)6-3-2-4-17(24)22-19/h8-10,16H,2-7,11-12H2,1H3,(H,22,24)/t16-,19+/m0/s1. The lowest BCUT2D eigenvalue weighted by molar-refractivity contribution is -0.131. The van der Waals surface area contributed by atoms with Gasteiger partial charge in [-0.1, -0.05) is 6.42 Å². The quantitative estimate of drug-likeness (QED) is 0.890. The first-order valence-corrected chi connectivity index (χ1v) is 8.97. The summed E-state index contributed by atoms with van der Waals surface area (Å²) in [7, 11) is 1.53. The van der Waals surface area contributed by atoms with Crippen molar-refractivity contribution in [2.24, 2.45) is 0 Å². The van der Waals surface area contributed by atoms with Gasteiger partial charge in [-0.25, -0.2) is 8.78 Å². The van der Waals surface area contributed by atoms with Crippen molar-refractivity contribution in [1.29, 1.82) is 0 Å². The molecular weight excluding hydrogens is 342 g/mol. The number of amides is 2. The van der Waals surface area contributed by atoms with Gasteiger partial charge >= 0.3 is 0 Å². The molecule has 2 amide bonds. The van der Waals surface area contributed by atoms with Crippen LogP contribution in [-0.4, -0.2) is 49.1 Å². The first-order valence-electron chi connectivity index (χ1n) is 8.97. The Morgan fingerprint density at radius 3 is 2.73 bits per heavy atom. The Balaban J connectivity index is 1.94. The zero-order valence-corrected chi connectivity index (χ0v) is 14.9. The molecule has 26 heavy (non-hydrogen) atoms. The molecule has 1 N–H and O–H groups in total. The van der Waals surface area contributed by atoms with E-state index in [-0.39, 0.29) is 24.2 Å². The van der Waals surface area contributed by atoms with Crippen LogP contribution in [0.25, 0.3) is 0 Å². The van der Waals surface area contributed by atoms with Gasteiger partial charge in [0.05, 0.1) is 18.6 Å². The third-order valence-electron chi connectivity index (χ3n) is 5.37. The molecule has 2 saturated heterocycles. The zero-order chi connectivity index (χ0) is 18.7. The molecule has 0 aromatic heterocycles. The van der Waals surface area contributed by atoms with E-state index in [4.69, 9.17) is 4.74 Å². The van der Waals surface area contributed by atoms with Crippen LogP contribution in [-0.2, 0) is 14.3 Å². The molecule has 3 rings (SSSR count). The van der Waals surface area contributed by atoms with Gasteiger partial charge in [-0.15, -0.1) is 0 Å². The molecule has 1 aromatic carbocycles. The second kappa shape index (κ2) is 7.70. The summed E-state index contributed by atoms with van der Waals surface area (Å²) >= 11 is 0. The van der Waals surface area contributed by atoms with Gasteiger partial charge in [0, 0.05) is 38.6 Å². The van der Waals surface area contributed by atoms with Gasteiger partial charge in [0.15, 0.2) is 0 Å². The summed E-state index contributed by atoms with van der Waals surface area (Å²) in [5.41, 5.74) is -0.206. The molecular formula is C19H24F2N2O3. The molecule has 5 nitrogen and oxygen atoms in total. The molecule has 1 aromatic rings. The van der Waals surface area contributed by atoms with Crippen molar-refractivity contribution in [3.63, 3.8) is 0 Å². The number of carbonyl (C=O) groups is 2. The third-order valence-corrected chi connectivity index (χ3v) is 5.37. The zero-order valence-electron chi connectivity index (χ0n) is 14.9. The number of nitrogens with one attached hydrogen (secondary N) is 1. The smallest absolute Gasteiger partial charge is 0.224 e. The van der Waals surface area contributed by atoms with E-state index < -0.39 is 17.2 Å². The van der Waals surface area contributed by atoms with Crippen molar-refractivity contribution < 1.29 is 23.1 Å². The molecule has 0 aliphatic carbocycles. The van der Waals surface area contributed by atoms with Crippen LogP contribution in [0, 0.1) is 11.6 Å². The fourth-order valence-electron chi connectivity index (χ4n) is 4.16. The molecule has 142 valence electrons. The fourth-order valence-corrected chi connectivity index (χ4v) is 4.16. The van der Waals surface area contributed by atoms with Crippen LogP contribution >= 0.6 is 0 Å². The van der Waals surface area contributed by atoms with E-state index in [1.165, 1.54) is 19.2 Å². The Hall–Kier alpha value is -2.02. The number of hydrogen-bond acceptors (Lipinski definition) is 3. The van der Waals surface area contributed by atoms with E-state index in [1.807, 2.05) is 0 Å². The van der Waals surface area contributed by atoms with Crippen LogP contribution in [0.15, 0.2) is 18.2 Å². The summed E-state index contributed by atoms with van der Waals surface area (Å²) in [5.74, 6) is -1.81. The van der Waals surface area contributed by atoms with E-state index >= 15 is 0 Å². The van der Waals surface area contributed by atoms with Gasteiger partial charge in [-0.3, -0.25) is 9.59 Å². The molecule has 2 heterocycles. The Labute approximate surface area is 151 Å². The van der Waals surface area contributed by atoms with E-state index in [1.54, 1.807) is 4.90 Å². The number of carbonyl (C=O) groups excluding carboxylic acids is 2. The maximum absolute atomic E-state index is 13.8. The normalized spacial score (nSPS) is 26.0. The topological polar surface area (TPSA) is 58.6 Å². The average Bonchev–Trinajstić information content (AvgIpc) is 2.84. The van der Waals surface area contributed by atoms with E-state index in [0.717, 1.165) is 18.9 Å². The summed E-state index contributed by atoms with van der Waals surface area (Å²) in [6.45, 7) is 0.990. The fraction of sp³-hybridized carbons (Fsp3) is 0.579. The molecule has 0 unspecified atom stereocenters. The molecule has 2 aliphatic heterocycles. The predicted octanol–water partition coefficient (Wildman–Crippen LogP) is 2.36. The van der Waals surface area contributed by atoms with Gasteiger partial charge in [0.2, 0.25) is 11.8 Å². The second-order valence-corrected chi connectivity index (χ2v) is 7.18. The average molecular weight is 366 g/mol. The minimum atomic E-state index is -0.684. The number of ether oxygens (including phenoxy) is 1. The molecule has 1 spiro atoms. The maximum Gasteiger partial charge on any atom is 0.224 e. The van der Waals surface area contributed by atoms with Crippen molar-refractivity contribution in [3.05, 3.63) is 35.4 Å². The summed E-state index contributed by atoms with van der Waals surface area (Å²) in [5, 5.41) is 3.07.